The predicted octanol–water partition coefficient (Wildman–Crippen LogP) is 3.62. The first-order valence-corrected chi connectivity index (χ1v) is 12.8. The molecule has 1 saturated heterocycles. The second-order valence-electron chi connectivity index (χ2n) is 9.43. The molecule has 0 bridgehead atoms. The second kappa shape index (κ2) is 13.3. The van der Waals surface area contributed by atoms with Crippen LogP contribution in [0.25, 0.3) is 22.3 Å². The van der Waals surface area contributed by atoms with Gasteiger partial charge in [-0.2, -0.15) is 0 Å². The normalized spacial score (nSPS) is 15.5. The summed E-state index contributed by atoms with van der Waals surface area (Å²) in [6.45, 7) is 7.19. The molecule has 3 aromatic carbocycles. The fourth-order valence-corrected chi connectivity index (χ4v) is 4.53. The van der Waals surface area contributed by atoms with Gasteiger partial charge in [0.05, 0.1) is 12.6 Å². The van der Waals surface area contributed by atoms with Crippen molar-refractivity contribution in [1.82, 2.24) is 15.1 Å². The number of benzene rings is 3. The molecule has 6 nitrogen and oxygen atoms in total. The van der Waals surface area contributed by atoms with E-state index in [9.17, 15) is 4.79 Å². The third-order valence-corrected chi connectivity index (χ3v) is 6.92. The number of hydrogen-bond acceptors (Lipinski definition) is 5. The minimum Gasteiger partial charge on any atom is -0.383 e. The van der Waals surface area contributed by atoms with Crippen LogP contribution in [0.15, 0.2) is 78.9 Å². The quantitative estimate of drug-likeness (QED) is 0.433. The van der Waals surface area contributed by atoms with Crippen LogP contribution in [-0.4, -0.2) is 74.7 Å². The van der Waals surface area contributed by atoms with E-state index in [1.165, 1.54) is 16.7 Å². The fraction of sp³-hybridized carbons (Fsp3) is 0.367. The number of rotatable bonds is 11. The first-order chi connectivity index (χ1) is 17.6. The van der Waals surface area contributed by atoms with Gasteiger partial charge in [-0.25, -0.2) is 0 Å². The number of hydrogen-bond donors (Lipinski definition) is 2. The van der Waals surface area contributed by atoms with Crippen molar-refractivity contribution in [3.05, 3.63) is 84.4 Å². The lowest BCUT2D eigenvalue weighted by molar-refractivity contribution is -0.122. The number of carbonyl (C=O) groups is 1. The van der Waals surface area contributed by atoms with E-state index in [1.807, 2.05) is 6.07 Å². The maximum atomic E-state index is 12.5. The highest BCUT2D eigenvalue weighted by atomic mass is 16.5. The smallest absolute Gasteiger partial charge is 0.237 e. The molecule has 0 aliphatic carbocycles. The minimum absolute atomic E-state index is 0.0886. The molecule has 1 atom stereocenters. The molecule has 0 saturated carbocycles. The zero-order valence-corrected chi connectivity index (χ0v) is 21.2. The molecule has 0 aromatic heterocycles. The Hall–Kier alpha value is -3.03. The summed E-state index contributed by atoms with van der Waals surface area (Å²) in [6.07, 6.45) is 0.668. The SMILES string of the molecule is COCCN1CCN(CCC(N)C(=O)NCc2ccc(-c3ccc(-c4ccccc4)cc3)cc2)CC1. The highest BCUT2D eigenvalue weighted by molar-refractivity contribution is 5.81. The monoisotopic (exact) mass is 486 g/mol. The first kappa shape index (κ1) is 26.0. The van der Waals surface area contributed by atoms with E-state index in [1.54, 1.807) is 7.11 Å². The van der Waals surface area contributed by atoms with Crippen molar-refractivity contribution in [3.8, 4) is 22.3 Å². The van der Waals surface area contributed by atoms with Crippen molar-refractivity contribution in [2.24, 2.45) is 5.73 Å². The number of piperazine rings is 1. The summed E-state index contributed by atoms with van der Waals surface area (Å²) in [4.78, 5) is 17.3. The van der Waals surface area contributed by atoms with E-state index in [0.29, 0.717) is 13.0 Å². The lowest BCUT2D eigenvalue weighted by atomic mass is 9.99. The van der Waals surface area contributed by atoms with Gasteiger partial charge in [-0.3, -0.25) is 9.69 Å². The van der Waals surface area contributed by atoms with Gasteiger partial charge in [0.25, 0.3) is 0 Å². The molecule has 3 N–H and O–H groups in total. The largest absolute Gasteiger partial charge is 0.383 e. The highest BCUT2D eigenvalue weighted by Crippen LogP contribution is 2.25. The number of carbonyl (C=O) groups excluding carboxylic acids is 1. The molecule has 1 aliphatic rings. The van der Waals surface area contributed by atoms with Crippen LogP contribution in [0.2, 0.25) is 0 Å². The van der Waals surface area contributed by atoms with Crippen molar-refractivity contribution >= 4 is 5.91 Å². The summed E-state index contributed by atoms with van der Waals surface area (Å²) in [7, 11) is 1.74. The molecular weight excluding hydrogens is 448 g/mol. The van der Waals surface area contributed by atoms with Crippen LogP contribution >= 0.6 is 0 Å². The third-order valence-electron chi connectivity index (χ3n) is 6.92. The van der Waals surface area contributed by atoms with Crippen LogP contribution in [0, 0.1) is 0 Å². The Morgan fingerprint density at radius 3 is 1.86 bits per heavy atom. The van der Waals surface area contributed by atoms with Crippen molar-refractivity contribution in [3.63, 3.8) is 0 Å². The number of methoxy groups -OCH3 is 1. The van der Waals surface area contributed by atoms with E-state index in [2.05, 4.69) is 87.9 Å². The molecular formula is C30H38N4O2. The van der Waals surface area contributed by atoms with Gasteiger partial charge in [-0.1, -0.05) is 78.9 Å². The van der Waals surface area contributed by atoms with E-state index < -0.39 is 6.04 Å². The zero-order chi connectivity index (χ0) is 25.2. The van der Waals surface area contributed by atoms with Gasteiger partial charge in [0.1, 0.15) is 0 Å². The molecule has 0 spiro atoms. The molecule has 1 fully saturated rings. The molecule has 1 heterocycles. The van der Waals surface area contributed by atoms with Gasteiger partial charge in [0.15, 0.2) is 0 Å². The third kappa shape index (κ3) is 7.48. The molecule has 36 heavy (non-hydrogen) atoms. The van der Waals surface area contributed by atoms with Crippen LogP contribution in [0.5, 0.6) is 0 Å². The fourth-order valence-electron chi connectivity index (χ4n) is 4.53. The predicted molar refractivity (Wildman–Crippen MR) is 147 cm³/mol. The number of amides is 1. The molecule has 6 heteroatoms. The van der Waals surface area contributed by atoms with Gasteiger partial charge >= 0.3 is 0 Å². The molecule has 1 amide bonds. The molecule has 190 valence electrons. The maximum Gasteiger partial charge on any atom is 0.237 e. The van der Waals surface area contributed by atoms with E-state index >= 15 is 0 Å². The summed E-state index contributed by atoms with van der Waals surface area (Å²) >= 11 is 0. The maximum absolute atomic E-state index is 12.5. The van der Waals surface area contributed by atoms with E-state index in [-0.39, 0.29) is 5.91 Å². The summed E-state index contributed by atoms with van der Waals surface area (Å²) in [5.74, 6) is -0.0886. The van der Waals surface area contributed by atoms with E-state index in [4.69, 9.17) is 10.5 Å². The van der Waals surface area contributed by atoms with Crippen molar-refractivity contribution in [2.45, 2.75) is 19.0 Å². The minimum atomic E-state index is -0.487. The first-order valence-electron chi connectivity index (χ1n) is 12.8. The Labute approximate surface area is 215 Å². The Bertz CT molecular complexity index is 1060. The lowest BCUT2D eigenvalue weighted by Gasteiger charge is -2.34. The summed E-state index contributed by atoms with van der Waals surface area (Å²) in [5.41, 5.74) is 12.0. The molecule has 3 aromatic rings. The molecule has 0 radical (unpaired) electrons. The topological polar surface area (TPSA) is 70.8 Å². The van der Waals surface area contributed by atoms with Crippen LogP contribution in [-0.2, 0) is 16.1 Å². The van der Waals surface area contributed by atoms with Crippen LogP contribution in [0.4, 0.5) is 0 Å². The standard InChI is InChI=1S/C30H38N4O2/c1-36-22-21-34-19-17-33(18-20-34)16-15-29(31)30(35)32-23-24-7-9-26(10-8-24)28-13-11-27(12-14-28)25-5-3-2-4-6-25/h2-14,29H,15-23,31H2,1H3,(H,32,35). The van der Waals surface area contributed by atoms with Gasteiger partial charge in [-0.15, -0.1) is 0 Å². The zero-order valence-electron chi connectivity index (χ0n) is 21.2. The number of nitrogens with two attached hydrogens (primary N) is 1. The van der Waals surface area contributed by atoms with Gasteiger partial charge in [0, 0.05) is 52.9 Å². The van der Waals surface area contributed by atoms with Crippen molar-refractivity contribution in [1.29, 1.82) is 0 Å². The van der Waals surface area contributed by atoms with Gasteiger partial charge < -0.3 is 20.7 Å². The number of ether oxygens (including phenoxy) is 1. The van der Waals surface area contributed by atoms with Crippen LogP contribution in [0.1, 0.15) is 12.0 Å². The van der Waals surface area contributed by atoms with E-state index in [0.717, 1.165) is 57.0 Å². The Kier molecular flexibility index (Phi) is 9.64. The Morgan fingerprint density at radius 2 is 1.31 bits per heavy atom. The lowest BCUT2D eigenvalue weighted by Crippen LogP contribution is -2.49. The second-order valence-corrected chi connectivity index (χ2v) is 9.43. The molecule has 1 unspecified atom stereocenters. The molecule has 4 rings (SSSR count). The molecule has 1 aliphatic heterocycles. The van der Waals surface area contributed by atoms with Crippen LogP contribution in [0.3, 0.4) is 0 Å². The summed E-state index contributed by atoms with van der Waals surface area (Å²) in [6, 6.07) is 26.8. The average molecular weight is 487 g/mol. The van der Waals surface area contributed by atoms with Crippen molar-refractivity contribution in [2.75, 3.05) is 53.0 Å². The average Bonchev–Trinajstić information content (AvgIpc) is 2.95. The Balaban J connectivity index is 1.19. The van der Waals surface area contributed by atoms with Crippen LogP contribution < -0.4 is 11.1 Å². The van der Waals surface area contributed by atoms with Gasteiger partial charge in [0.2, 0.25) is 5.91 Å². The highest BCUT2D eigenvalue weighted by Gasteiger charge is 2.19. The summed E-state index contributed by atoms with van der Waals surface area (Å²) in [5, 5.41) is 3.00. The summed E-state index contributed by atoms with van der Waals surface area (Å²) < 4.78 is 5.16. The van der Waals surface area contributed by atoms with Gasteiger partial charge in [-0.05, 0) is 34.2 Å². The Morgan fingerprint density at radius 1 is 0.806 bits per heavy atom. The van der Waals surface area contributed by atoms with Crippen molar-refractivity contribution < 1.29 is 9.53 Å². The number of nitrogens with one attached hydrogen (secondary N) is 1. The number of nitrogens with zero attached hydrogens (tertiary/aromatic N) is 2.